The Hall–Kier alpha value is -5.14. The summed E-state index contributed by atoms with van der Waals surface area (Å²) < 4.78 is 25.8. The number of aryl methyl sites for hydroxylation is 1. The van der Waals surface area contributed by atoms with Crippen molar-refractivity contribution in [3.05, 3.63) is 77.1 Å². The summed E-state index contributed by atoms with van der Waals surface area (Å²) in [6, 6.07) is 9.61. The molecule has 4 aliphatic rings. The van der Waals surface area contributed by atoms with Crippen molar-refractivity contribution in [3.8, 4) is 5.75 Å². The number of rotatable bonds is 5. The lowest BCUT2D eigenvalue weighted by Crippen LogP contribution is -2.58. The predicted octanol–water partition coefficient (Wildman–Crippen LogP) is 4.95. The number of hydrogen-bond donors (Lipinski definition) is 3. The van der Waals surface area contributed by atoms with Crippen molar-refractivity contribution in [2.24, 2.45) is 5.92 Å². The lowest BCUT2D eigenvalue weighted by Gasteiger charge is -2.30. The molecule has 2 aromatic rings. The average molecular weight is 734 g/mol. The fraction of sp³-hybridized carbons (Fsp3) is 0.513. The number of benzene rings is 2. The van der Waals surface area contributed by atoms with Gasteiger partial charge in [-0.15, -0.1) is 0 Å². The van der Waals surface area contributed by atoms with Gasteiger partial charge in [0, 0.05) is 24.4 Å². The molecule has 6 rings (SSSR count). The number of hydrogen-bond acceptors (Lipinski definition) is 8. The Morgan fingerprint density at radius 1 is 1.02 bits per heavy atom. The van der Waals surface area contributed by atoms with Gasteiger partial charge in [-0.25, -0.2) is 14.0 Å². The summed E-state index contributed by atoms with van der Waals surface area (Å²) >= 11 is 0. The second-order valence-electron chi connectivity index (χ2n) is 15.4. The van der Waals surface area contributed by atoms with E-state index in [-0.39, 0.29) is 32.0 Å². The number of carbonyl (C=O) groups excluding carboxylic acids is 5. The van der Waals surface area contributed by atoms with E-state index < -0.39 is 65.1 Å². The molecule has 0 aromatic heterocycles. The van der Waals surface area contributed by atoms with E-state index >= 15 is 0 Å². The van der Waals surface area contributed by atoms with Gasteiger partial charge in [0.25, 0.3) is 5.91 Å². The normalized spacial score (nSPS) is 26.4. The van der Waals surface area contributed by atoms with E-state index in [1.165, 1.54) is 15.9 Å². The molecule has 1 saturated heterocycles. The molecule has 3 aliphatic heterocycles. The fourth-order valence-electron chi connectivity index (χ4n) is 7.14. The summed E-state index contributed by atoms with van der Waals surface area (Å²) in [5.74, 6) is -2.01. The smallest absolute Gasteiger partial charge is 0.410 e. The molecule has 2 fully saturated rings. The first-order chi connectivity index (χ1) is 25.2. The lowest BCUT2D eigenvalue weighted by molar-refractivity contribution is -0.142. The molecule has 1 aliphatic carbocycles. The molecule has 5 amide bonds. The number of halogens is 1. The van der Waals surface area contributed by atoms with E-state index in [4.69, 9.17) is 14.3 Å². The van der Waals surface area contributed by atoms with Crippen molar-refractivity contribution < 1.29 is 42.7 Å². The molecule has 3 N–H and O–H groups in total. The van der Waals surface area contributed by atoms with Gasteiger partial charge >= 0.3 is 12.2 Å². The monoisotopic (exact) mass is 733 g/mol. The highest BCUT2D eigenvalue weighted by molar-refractivity contribution is 5.98. The van der Waals surface area contributed by atoms with Crippen molar-refractivity contribution in [2.75, 3.05) is 6.54 Å². The molecule has 284 valence electrons. The number of nitrogens with one attached hydrogen (secondary N) is 3. The minimum Gasteiger partial charge on any atom is -0.444 e. The van der Waals surface area contributed by atoms with E-state index in [0.717, 1.165) is 24.8 Å². The summed E-state index contributed by atoms with van der Waals surface area (Å²) in [6.45, 7) is 7.13. The molecule has 2 aromatic carbocycles. The molecule has 0 unspecified atom stereocenters. The zero-order valence-electron chi connectivity index (χ0n) is 30.6. The molecule has 14 heteroatoms. The van der Waals surface area contributed by atoms with Gasteiger partial charge in [-0.05, 0) is 77.1 Å². The first-order valence-corrected chi connectivity index (χ1v) is 18.3. The molecule has 0 radical (unpaired) electrons. The van der Waals surface area contributed by atoms with Crippen molar-refractivity contribution in [1.82, 2.24) is 25.9 Å². The summed E-state index contributed by atoms with van der Waals surface area (Å²) in [5, 5.41) is 5.64. The van der Waals surface area contributed by atoms with Crippen LogP contribution in [-0.4, -0.2) is 75.6 Å². The summed E-state index contributed by atoms with van der Waals surface area (Å²) in [5.41, 5.74) is 2.45. The first kappa shape index (κ1) is 37.6. The fourth-order valence-corrected chi connectivity index (χ4v) is 7.14. The Balaban J connectivity index is 1.23. The van der Waals surface area contributed by atoms with E-state index in [9.17, 15) is 28.4 Å². The van der Waals surface area contributed by atoms with Crippen molar-refractivity contribution in [3.63, 3.8) is 0 Å². The van der Waals surface area contributed by atoms with E-state index in [2.05, 4.69) is 16.1 Å². The van der Waals surface area contributed by atoms with Gasteiger partial charge in [-0.3, -0.25) is 19.3 Å². The third-order valence-corrected chi connectivity index (χ3v) is 10.1. The molecular formula is C39H48FN5O8. The Kier molecular flexibility index (Phi) is 11.0. The standard InChI is InChI=1S/C39H48FN5O8/c1-24-15-17-27(18-16-24)53-43-35(48)39-20-26(39)12-8-6-5-7-9-14-31(41-36(49)52-38(2,3)4)34(47)45-22-28(19-32(45)33(46)42-39)51-37(50)44-21-25-11-10-13-30(40)29(25)23-44/h8,10-13,15-18,26,28,31-32H,5-7,9,14,19-23H2,1-4H3,(H,41,49)(H,42,46)(H,43,48)/b12-8-/t26-,28+,31-,32-,39+/m0/s1. The van der Waals surface area contributed by atoms with Gasteiger partial charge in [0.05, 0.1) is 13.1 Å². The number of amides is 5. The Bertz CT molecular complexity index is 1760. The first-order valence-electron chi connectivity index (χ1n) is 18.3. The SMILES string of the molecule is Cc1ccc(ONC(=O)[C@@]23C[C@@H]2/C=C\CCCCC[C@H](NC(=O)OC(C)(C)C)C(=O)N2C[C@H](OC(=O)N4Cc5cccc(F)c5C4)C[C@H]2C(=O)N3)cc1. The van der Waals surface area contributed by atoms with Crippen LogP contribution < -0.4 is 21.0 Å². The van der Waals surface area contributed by atoms with Gasteiger partial charge < -0.3 is 29.8 Å². The number of ether oxygens (including phenoxy) is 2. The third-order valence-electron chi connectivity index (χ3n) is 10.1. The van der Waals surface area contributed by atoms with Crippen LogP contribution in [0.4, 0.5) is 14.0 Å². The van der Waals surface area contributed by atoms with Crippen LogP contribution in [0, 0.1) is 18.7 Å². The summed E-state index contributed by atoms with van der Waals surface area (Å²) in [4.78, 5) is 76.9. The van der Waals surface area contributed by atoms with Crippen LogP contribution in [0.15, 0.2) is 54.6 Å². The zero-order chi connectivity index (χ0) is 37.9. The van der Waals surface area contributed by atoms with Crippen LogP contribution in [0.1, 0.15) is 82.4 Å². The minimum absolute atomic E-state index is 0.0270. The van der Waals surface area contributed by atoms with E-state index in [1.807, 2.05) is 31.2 Å². The second-order valence-corrected chi connectivity index (χ2v) is 15.4. The number of nitrogens with zero attached hydrogens (tertiary/aromatic N) is 2. The van der Waals surface area contributed by atoms with E-state index in [1.54, 1.807) is 45.0 Å². The third kappa shape index (κ3) is 8.91. The maximum atomic E-state index is 14.4. The molecule has 0 bridgehead atoms. The number of allylic oxidation sites excluding steroid dienone is 1. The van der Waals surface area contributed by atoms with Crippen LogP contribution in [0.3, 0.4) is 0 Å². The molecule has 13 nitrogen and oxygen atoms in total. The highest BCUT2D eigenvalue weighted by Crippen LogP contribution is 2.45. The summed E-state index contributed by atoms with van der Waals surface area (Å²) in [7, 11) is 0. The maximum Gasteiger partial charge on any atom is 0.410 e. The maximum absolute atomic E-state index is 14.4. The lowest BCUT2D eigenvalue weighted by atomic mass is 10.0. The quantitative estimate of drug-likeness (QED) is 0.288. The average Bonchev–Trinajstić information content (AvgIpc) is 3.39. The van der Waals surface area contributed by atoms with Gasteiger partial charge in [-0.2, -0.15) is 5.48 Å². The van der Waals surface area contributed by atoms with Gasteiger partial charge in [-0.1, -0.05) is 54.8 Å². The molecule has 5 atom stereocenters. The highest BCUT2D eigenvalue weighted by Gasteiger charge is 2.61. The highest BCUT2D eigenvalue weighted by atomic mass is 19.1. The van der Waals surface area contributed by atoms with Gasteiger partial charge in [0.2, 0.25) is 11.8 Å². The topological polar surface area (TPSA) is 156 Å². The van der Waals surface area contributed by atoms with Crippen LogP contribution in [-0.2, 0) is 36.9 Å². The van der Waals surface area contributed by atoms with Gasteiger partial charge in [0.1, 0.15) is 35.1 Å². The Morgan fingerprint density at radius 2 is 1.79 bits per heavy atom. The van der Waals surface area contributed by atoms with Crippen LogP contribution in [0.5, 0.6) is 5.75 Å². The number of fused-ring (bicyclic) bond motifs is 3. The van der Waals surface area contributed by atoms with Crippen LogP contribution >= 0.6 is 0 Å². The molecule has 0 spiro atoms. The Labute approximate surface area is 308 Å². The van der Waals surface area contributed by atoms with Crippen LogP contribution in [0.2, 0.25) is 0 Å². The second kappa shape index (κ2) is 15.5. The molecule has 53 heavy (non-hydrogen) atoms. The minimum atomic E-state index is -1.35. The molecule has 3 heterocycles. The van der Waals surface area contributed by atoms with Crippen molar-refractivity contribution in [1.29, 1.82) is 0 Å². The molecule has 1 saturated carbocycles. The molecular weight excluding hydrogens is 685 g/mol. The largest absolute Gasteiger partial charge is 0.444 e. The number of carbonyl (C=O) groups is 5. The van der Waals surface area contributed by atoms with Crippen molar-refractivity contribution in [2.45, 2.75) is 115 Å². The van der Waals surface area contributed by atoms with Crippen molar-refractivity contribution >= 4 is 29.9 Å². The zero-order valence-corrected chi connectivity index (χ0v) is 30.6. The van der Waals surface area contributed by atoms with E-state index in [0.29, 0.717) is 36.1 Å². The number of hydroxylamine groups is 1. The summed E-state index contributed by atoms with van der Waals surface area (Å²) in [6.07, 6.45) is 5.01. The van der Waals surface area contributed by atoms with Gasteiger partial charge in [0.15, 0.2) is 5.75 Å². The number of alkyl carbamates (subject to hydrolysis) is 1. The Morgan fingerprint density at radius 3 is 2.53 bits per heavy atom. The predicted molar refractivity (Wildman–Crippen MR) is 190 cm³/mol. The van der Waals surface area contributed by atoms with Crippen LogP contribution in [0.25, 0.3) is 0 Å².